The Balaban J connectivity index is 2.52. The summed E-state index contributed by atoms with van der Waals surface area (Å²) in [6, 6.07) is 0. The predicted octanol–water partition coefficient (Wildman–Crippen LogP) is 1.52. The minimum Gasteiger partial charge on any atom is -0.235 e. The van der Waals surface area contributed by atoms with Gasteiger partial charge in [-0.15, -0.1) is 0 Å². The lowest BCUT2D eigenvalue weighted by atomic mass is 11.3. The van der Waals surface area contributed by atoms with Gasteiger partial charge in [-0.05, 0) is 32.4 Å². The van der Waals surface area contributed by atoms with E-state index in [1.165, 1.54) is 21.6 Å². The topological polar surface area (TPSA) is 17.1 Å². The molecule has 0 bridgehead atoms. The number of hydrogen-bond donors (Lipinski definition) is 0. The summed E-state index contributed by atoms with van der Waals surface area (Å²) in [5.74, 6) is 0. The smallest absolute Gasteiger partial charge is 0.149 e. The fourth-order valence-electron chi connectivity index (χ4n) is 0.159. The van der Waals surface area contributed by atoms with Gasteiger partial charge >= 0.3 is 0 Å². The van der Waals surface area contributed by atoms with Crippen LogP contribution in [-0.2, 0) is 8.86 Å². The standard InChI is InChI=1S/C2H2OS3/c3-6-4-1-2-5-6/h1-2H. The molecule has 0 aliphatic carbocycles. The summed E-state index contributed by atoms with van der Waals surface area (Å²) in [5.41, 5.74) is 0. The first kappa shape index (κ1) is 4.74. The first-order valence-corrected chi connectivity index (χ1v) is 5.25. The van der Waals surface area contributed by atoms with E-state index in [1.807, 2.05) is 10.8 Å². The largest absolute Gasteiger partial charge is 0.235 e. The van der Waals surface area contributed by atoms with Crippen molar-refractivity contribution in [2.45, 2.75) is 0 Å². The second-order valence-corrected chi connectivity index (χ2v) is 5.61. The van der Waals surface area contributed by atoms with Crippen molar-refractivity contribution in [3.63, 3.8) is 0 Å². The van der Waals surface area contributed by atoms with E-state index >= 15 is 0 Å². The van der Waals surface area contributed by atoms with Gasteiger partial charge in [-0.25, -0.2) is 4.21 Å². The number of hydrogen-bond acceptors (Lipinski definition) is 3. The Bertz CT molecular complexity index is 87.0. The molecule has 4 heteroatoms. The molecule has 6 heavy (non-hydrogen) atoms. The van der Waals surface area contributed by atoms with Crippen LogP contribution in [0.4, 0.5) is 0 Å². The molecule has 34 valence electrons. The van der Waals surface area contributed by atoms with Crippen LogP contribution in [-0.4, -0.2) is 4.21 Å². The molecule has 1 rings (SSSR count). The van der Waals surface area contributed by atoms with Gasteiger partial charge in [0.1, 0.15) is 8.86 Å². The van der Waals surface area contributed by atoms with Crippen LogP contribution < -0.4 is 0 Å². The van der Waals surface area contributed by atoms with Gasteiger partial charge in [-0.3, -0.25) is 0 Å². The molecule has 1 nitrogen and oxygen atoms in total. The fourth-order valence-corrected chi connectivity index (χ4v) is 3.47. The average molecular weight is 138 g/mol. The van der Waals surface area contributed by atoms with Crippen LogP contribution in [0, 0.1) is 0 Å². The second-order valence-electron chi connectivity index (χ2n) is 0.669. The van der Waals surface area contributed by atoms with Crippen molar-refractivity contribution < 1.29 is 4.21 Å². The molecule has 1 aliphatic heterocycles. The third kappa shape index (κ3) is 1.03. The summed E-state index contributed by atoms with van der Waals surface area (Å²) in [6.45, 7) is 0. The molecule has 0 saturated carbocycles. The van der Waals surface area contributed by atoms with Crippen molar-refractivity contribution in [3.05, 3.63) is 10.8 Å². The van der Waals surface area contributed by atoms with E-state index in [0.717, 1.165) is 0 Å². The Morgan fingerprint density at radius 1 is 1.33 bits per heavy atom. The van der Waals surface area contributed by atoms with Gasteiger partial charge in [0.25, 0.3) is 0 Å². The highest BCUT2D eigenvalue weighted by Gasteiger charge is 1.99. The van der Waals surface area contributed by atoms with Gasteiger partial charge in [-0.1, -0.05) is 0 Å². The Labute approximate surface area is 45.8 Å². The molecular formula is C2H2OS3. The molecular weight excluding hydrogens is 136 g/mol. The molecule has 0 spiro atoms. The minimum atomic E-state index is -0.701. The van der Waals surface area contributed by atoms with E-state index in [2.05, 4.69) is 0 Å². The van der Waals surface area contributed by atoms with E-state index in [0.29, 0.717) is 0 Å². The van der Waals surface area contributed by atoms with Crippen molar-refractivity contribution in [1.82, 2.24) is 0 Å². The fraction of sp³-hybridized carbons (Fsp3) is 0. The molecule has 0 N–H and O–H groups in total. The van der Waals surface area contributed by atoms with Crippen LogP contribution in [0.15, 0.2) is 10.8 Å². The average Bonchev–Trinajstić information content (AvgIpc) is 1.86. The van der Waals surface area contributed by atoms with E-state index in [-0.39, 0.29) is 0 Å². The second kappa shape index (κ2) is 2.04. The minimum absolute atomic E-state index is 0.701. The maximum atomic E-state index is 10.2. The Morgan fingerprint density at radius 2 is 1.83 bits per heavy atom. The summed E-state index contributed by atoms with van der Waals surface area (Å²) in [7, 11) is 2.00. The molecule has 0 saturated heterocycles. The highest BCUT2D eigenvalue weighted by molar-refractivity contribution is 9.04. The Kier molecular flexibility index (Phi) is 1.62. The van der Waals surface area contributed by atoms with Crippen LogP contribution in [0.5, 0.6) is 0 Å². The third-order valence-electron chi connectivity index (χ3n) is 0.324. The Hall–Kier alpha value is 0.590. The van der Waals surface area contributed by atoms with Crippen LogP contribution in [0.25, 0.3) is 0 Å². The SMILES string of the molecule is O=S1SC=CS1. The lowest BCUT2D eigenvalue weighted by Crippen LogP contribution is -1.54. The summed E-state index contributed by atoms with van der Waals surface area (Å²) in [4.78, 5) is 0. The van der Waals surface area contributed by atoms with Crippen molar-refractivity contribution in [2.75, 3.05) is 0 Å². The molecule has 0 atom stereocenters. The summed E-state index contributed by atoms with van der Waals surface area (Å²) in [6.07, 6.45) is 0. The monoisotopic (exact) mass is 138 g/mol. The zero-order chi connectivity index (χ0) is 4.41. The molecule has 0 amide bonds. The summed E-state index contributed by atoms with van der Waals surface area (Å²) < 4.78 is 10.2. The summed E-state index contributed by atoms with van der Waals surface area (Å²) >= 11 is 0. The molecule has 0 aromatic carbocycles. The maximum Gasteiger partial charge on any atom is 0.149 e. The van der Waals surface area contributed by atoms with Gasteiger partial charge in [0, 0.05) is 0 Å². The van der Waals surface area contributed by atoms with Crippen molar-refractivity contribution in [2.24, 2.45) is 0 Å². The third-order valence-corrected chi connectivity index (χ3v) is 4.33. The van der Waals surface area contributed by atoms with Crippen molar-refractivity contribution >= 4 is 30.5 Å². The highest BCUT2D eigenvalue weighted by Crippen LogP contribution is 2.30. The van der Waals surface area contributed by atoms with Crippen molar-refractivity contribution in [1.29, 1.82) is 0 Å². The first-order chi connectivity index (χ1) is 2.89. The van der Waals surface area contributed by atoms with E-state index in [1.54, 1.807) is 0 Å². The van der Waals surface area contributed by atoms with E-state index in [9.17, 15) is 4.21 Å². The summed E-state index contributed by atoms with van der Waals surface area (Å²) in [5, 5.41) is 3.67. The van der Waals surface area contributed by atoms with Gasteiger partial charge in [-0.2, -0.15) is 0 Å². The molecule has 0 fully saturated rings. The molecule has 0 aromatic heterocycles. The van der Waals surface area contributed by atoms with Crippen LogP contribution in [0.3, 0.4) is 0 Å². The molecule has 1 aliphatic rings. The van der Waals surface area contributed by atoms with Gasteiger partial charge in [0.2, 0.25) is 0 Å². The van der Waals surface area contributed by atoms with Crippen LogP contribution >= 0.6 is 21.6 Å². The molecule has 0 radical (unpaired) electrons. The normalized spacial score (nSPS) is 22.7. The zero-order valence-electron chi connectivity index (χ0n) is 2.79. The lowest BCUT2D eigenvalue weighted by molar-refractivity contribution is 0.699. The van der Waals surface area contributed by atoms with Gasteiger partial charge in [0.05, 0.1) is 0 Å². The van der Waals surface area contributed by atoms with E-state index in [4.69, 9.17) is 0 Å². The maximum absolute atomic E-state index is 10.2. The molecule has 1 heterocycles. The van der Waals surface area contributed by atoms with Gasteiger partial charge < -0.3 is 0 Å². The zero-order valence-corrected chi connectivity index (χ0v) is 5.24. The van der Waals surface area contributed by atoms with Gasteiger partial charge in [0.15, 0.2) is 0 Å². The molecule has 0 aromatic rings. The van der Waals surface area contributed by atoms with Crippen LogP contribution in [0.1, 0.15) is 0 Å². The number of rotatable bonds is 0. The van der Waals surface area contributed by atoms with Crippen molar-refractivity contribution in [3.8, 4) is 0 Å². The quantitative estimate of drug-likeness (QED) is 0.472. The highest BCUT2D eigenvalue weighted by atomic mass is 33.5. The molecule has 0 unspecified atom stereocenters. The Morgan fingerprint density at radius 3 is 2.00 bits per heavy atom. The first-order valence-electron chi connectivity index (χ1n) is 1.30. The van der Waals surface area contributed by atoms with Crippen LogP contribution in [0.2, 0.25) is 0 Å². The lowest BCUT2D eigenvalue weighted by Gasteiger charge is -1.73. The predicted molar refractivity (Wildman–Crippen MR) is 32.5 cm³/mol. The van der Waals surface area contributed by atoms with E-state index < -0.39 is 8.86 Å².